The molecule has 142 valence electrons. The number of hydrogen-bond acceptors (Lipinski definition) is 3. The third-order valence-electron chi connectivity index (χ3n) is 3.87. The van der Waals surface area contributed by atoms with Crippen molar-refractivity contribution in [2.75, 3.05) is 19.6 Å². The first-order valence-corrected chi connectivity index (χ1v) is 9.02. The minimum Gasteiger partial charge on any atom is -0.486 e. The number of guanidine groups is 1. The second-order valence-electron chi connectivity index (χ2n) is 6.13. The predicted octanol–water partition coefficient (Wildman–Crippen LogP) is 2.81. The summed E-state index contributed by atoms with van der Waals surface area (Å²) in [6, 6.07) is 6.40. The molecule has 0 aliphatic rings. The van der Waals surface area contributed by atoms with E-state index in [2.05, 4.69) is 25.8 Å². The van der Waals surface area contributed by atoms with Crippen molar-refractivity contribution >= 4 is 5.96 Å². The third kappa shape index (κ3) is 6.38. The van der Waals surface area contributed by atoms with Crippen molar-refractivity contribution in [3.63, 3.8) is 0 Å². The highest BCUT2D eigenvalue weighted by Gasteiger charge is 2.08. The Morgan fingerprint density at radius 1 is 1.35 bits per heavy atom. The summed E-state index contributed by atoms with van der Waals surface area (Å²) in [7, 11) is 0. The van der Waals surface area contributed by atoms with Crippen molar-refractivity contribution in [1.82, 2.24) is 20.8 Å². The summed E-state index contributed by atoms with van der Waals surface area (Å²) >= 11 is 0. The molecule has 2 rings (SSSR count). The molecule has 0 fully saturated rings. The molecule has 0 amide bonds. The first-order valence-electron chi connectivity index (χ1n) is 9.02. The normalized spacial score (nSPS) is 12.7. The summed E-state index contributed by atoms with van der Waals surface area (Å²) in [5.74, 6) is 0.631. The monoisotopic (exact) mass is 361 g/mol. The number of aryl methyl sites for hydroxylation is 2. The van der Waals surface area contributed by atoms with Crippen LogP contribution in [-0.2, 0) is 6.42 Å². The highest BCUT2D eigenvalue weighted by Crippen LogP contribution is 2.16. The number of nitrogens with one attached hydrogen (secondary N) is 3. The van der Waals surface area contributed by atoms with E-state index in [9.17, 15) is 4.39 Å². The standard InChI is InChI=1S/C19H28FN5O/c1-4-21-19(22-11-7-8-16-13-24-25-15(16)3)23-12-14(2)26-18-10-6-5-9-17(18)20/h5-6,9-10,13-14H,4,7-8,11-12H2,1-3H3,(H,24,25)(H2,21,22,23). The fourth-order valence-electron chi connectivity index (χ4n) is 2.47. The fraction of sp³-hybridized carbons (Fsp3) is 0.474. The number of benzene rings is 1. The average Bonchev–Trinajstić information content (AvgIpc) is 3.03. The zero-order chi connectivity index (χ0) is 18.8. The number of nitrogens with zero attached hydrogens (tertiary/aromatic N) is 2. The number of aliphatic imine (C=N–C) groups is 1. The molecule has 1 heterocycles. The minimum absolute atomic E-state index is 0.226. The Kier molecular flexibility index (Phi) is 7.92. The third-order valence-corrected chi connectivity index (χ3v) is 3.87. The smallest absolute Gasteiger partial charge is 0.191 e. The summed E-state index contributed by atoms with van der Waals surface area (Å²) < 4.78 is 19.2. The maximum atomic E-state index is 13.6. The molecule has 0 aliphatic carbocycles. The lowest BCUT2D eigenvalue weighted by molar-refractivity contribution is 0.220. The maximum Gasteiger partial charge on any atom is 0.191 e. The van der Waals surface area contributed by atoms with Gasteiger partial charge in [-0.3, -0.25) is 5.10 Å². The summed E-state index contributed by atoms with van der Waals surface area (Å²) in [5, 5.41) is 13.5. The maximum absolute atomic E-state index is 13.6. The molecular weight excluding hydrogens is 333 g/mol. The van der Waals surface area contributed by atoms with Crippen molar-refractivity contribution < 1.29 is 9.13 Å². The van der Waals surface area contributed by atoms with Gasteiger partial charge in [-0.2, -0.15) is 5.10 Å². The zero-order valence-electron chi connectivity index (χ0n) is 15.7. The quantitative estimate of drug-likeness (QED) is 0.365. The number of rotatable bonds is 9. The van der Waals surface area contributed by atoms with Crippen molar-refractivity contribution in [2.24, 2.45) is 4.99 Å². The first kappa shape index (κ1) is 19.8. The second-order valence-corrected chi connectivity index (χ2v) is 6.13. The zero-order valence-corrected chi connectivity index (χ0v) is 15.7. The minimum atomic E-state index is -0.358. The SMILES string of the molecule is CCNC(=NCC(C)Oc1ccccc1F)NCCCc1cn[nH]c1C. The van der Waals surface area contributed by atoms with Gasteiger partial charge in [-0.15, -0.1) is 0 Å². The molecule has 1 unspecified atom stereocenters. The molecular formula is C19H28FN5O. The number of halogens is 1. The summed E-state index contributed by atoms with van der Waals surface area (Å²) in [4.78, 5) is 4.52. The highest BCUT2D eigenvalue weighted by atomic mass is 19.1. The first-order chi connectivity index (χ1) is 12.6. The molecule has 0 saturated carbocycles. The Bertz CT molecular complexity index is 701. The van der Waals surface area contributed by atoms with Crippen molar-refractivity contribution in [1.29, 1.82) is 0 Å². The summed E-state index contributed by atoms with van der Waals surface area (Å²) in [6.45, 7) is 7.93. The van der Waals surface area contributed by atoms with Gasteiger partial charge in [0.1, 0.15) is 6.10 Å². The van der Waals surface area contributed by atoms with Crippen LogP contribution in [0.1, 0.15) is 31.5 Å². The summed E-state index contributed by atoms with van der Waals surface area (Å²) in [6.07, 6.45) is 3.58. The Labute approximate surface area is 154 Å². The van der Waals surface area contributed by atoms with E-state index in [0.717, 1.165) is 37.6 Å². The number of para-hydroxylation sites is 1. The Morgan fingerprint density at radius 3 is 2.85 bits per heavy atom. The van der Waals surface area contributed by atoms with E-state index in [1.807, 2.05) is 27.0 Å². The molecule has 0 saturated heterocycles. The van der Waals surface area contributed by atoms with Crippen LogP contribution in [-0.4, -0.2) is 41.9 Å². The summed E-state index contributed by atoms with van der Waals surface area (Å²) in [5.41, 5.74) is 2.35. The van der Waals surface area contributed by atoms with Gasteiger partial charge in [0.25, 0.3) is 0 Å². The number of ether oxygens (including phenoxy) is 1. The molecule has 6 nitrogen and oxygen atoms in total. The predicted molar refractivity (Wildman–Crippen MR) is 102 cm³/mol. The van der Waals surface area contributed by atoms with Gasteiger partial charge >= 0.3 is 0 Å². The Morgan fingerprint density at radius 2 is 2.15 bits per heavy atom. The molecule has 1 atom stereocenters. The van der Waals surface area contributed by atoms with Gasteiger partial charge in [0, 0.05) is 18.8 Å². The second kappa shape index (κ2) is 10.4. The van der Waals surface area contributed by atoms with Gasteiger partial charge in [-0.25, -0.2) is 9.38 Å². The Hall–Kier alpha value is -2.57. The van der Waals surface area contributed by atoms with Crippen LogP contribution in [0.5, 0.6) is 5.75 Å². The van der Waals surface area contributed by atoms with E-state index in [-0.39, 0.29) is 17.7 Å². The lowest BCUT2D eigenvalue weighted by Crippen LogP contribution is -2.38. The van der Waals surface area contributed by atoms with Crippen molar-refractivity contribution in [2.45, 2.75) is 39.7 Å². The molecule has 0 bridgehead atoms. The number of aromatic nitrogens is 2. The largest absolute Gasteiger partial charge is 0.486 e. The van der Waals surface area contributed by atoms with Crippen molar-refractivity contribution in [3.05, 3.63) is 47.5 Å². The molecule has 0 spiro atoms. The molecule has 26 heavy (non-hydrogen) atoms. The van der Waals surface area contributed by atoms with E-state index < -0.39 is 0 Å². The van der Waals surface area contributed by atoms with Crippen LogP contribution in [0.4, 0.5) is 4.39 Å². The van der Waals surface area contributed by atoms with Crippen LogP contribution >= 0.6 is 0 Å². The van der Waals surface area contributed by atoms with Gasteiger partial charge in [0.2, 0.25) is 0 Å². The molecule has 0 radical (unpaired) electrons. The van der Waals surface area contributed by atoms with Crippen molar-refractivity contribution in [3.8, 4) is 5.75 Å². The fourth-order valence-corrected chi connectivity index (χ4v) is 2.47. The van der Waals surface area contributed by atoms with Gasteiger partial charge < -0.3 is 15.4 Å². The van der Waals surface area contributed by atoms with E-state index in [1.54, 1.807) is 18.2 Å². The van der Waals surface area contributed by atoms with Gasteiger partial charge in [0.15, 0.2) is 17.5 Å². The van der Waals surface area contributed by atoms with Gasteiger partial charge in [0.05, 0.1) is 12.7 Å². The van der Waals surface area contributed by atoms with Crippen LogP contribution < -0.4 is 15.4 Å². The lowest BCUT2D eigenvalue weighted by atomic mass is 10.1. The van der Waals surface area contributed by atoms with Gasteiger partial charge in [-0.1, -0.05) is 12.1 Å². The van der Waals surface area contributed by atoms with E-state index in [4.69, 9.17) is 4.74 Å². The molecule has 1 aromatic carbocycles. The van der Waals surface area contributed by atoms with Crippen LogP contribution in [0.25, 0.3) is 0 Å². The van der Waals surface area contributed by atoms with E-state index in [1.165, 1.54) is 11.6 Å². The van der Waals surface area contributed by atoms with Gasteiger partial charge in [-0.05, 0) is 51.3 Å². The lowest BCUT2D eigenvalue weighted by Gasteiger charge is -2.15. The van der Waals surface area contributed by atoms with E-state index >= 15 is 0 Å². The topological polar surface area (TPSA) is 74.3 Å². The molecule has 7 heteroatoms. The van der Waals surface area contributed by atoms with Crippen LogP contribution in [0, 0.1) is 12.7 Å². The van der Waals surface area contributed by atoms with Crippen LogP contribution in [0.3, 0.4) is 0 Å². The van der Waals surface area contributed by atoms with Crippen LogP contribution in [0.2, 0.25) is 0 Å². The molecule has 2 aromatic rings. The average molecular weight is 361 g/mol. The number of H-pyrrole nitrogens is 1. The Balaban J connectivity index is 1.78. The molecule has 0 aliphatic heterocycles. The molecule has 1 aromatic heterocycles. The molecule has 3 N–H and O–H groups in total. The highest BCUT2D eigenvalue weighted by molar-refractivity contribution is 5.79. The number of hydrogen-bond donors (Lipinski definition) is 3. The number of aromatic amines is 1. The van der Waals surface area contributed by atoms with E-state index in [0.29, 0.717) is 6.54 Å². The van der Waals surface area contributed by atoms with Crippen LogP contribution in [0.15, 0.2) is 35.5 Å².